The fourth-order valence-corrected chi connectivity index (χ4v) is 2.18. The Morgan fingerprint density at radius 1 is 0.815 bits per heavy atom. The first-order valence-electron chi connectivity index (χ1n) is 8.29. The second kappa shape index (κ2) is 10.9. The Kier molecular flexibility index (Phi) is 10.0. The van der Waals surface area contributed by atoms with Crippen LogP contribution in [0.5, 0.6) is 0 Å². The standard InChI is InChI=1S/2C10H13NO2.Zn/c2*1-10(2,9(12)13)6-8-4-3-5-11-7-8;/h2*3-5,7H,6H2,1-2H3,(H,12,13);. The Hall–Kier alpha value is -2.14. The predicted molar refractivity (Wildman–Crippen MR) is 98.7 cm³/mol. The van der Waals surface area contributed by atoms with E-state index in [1.807, 2.05) is 24.3 Å². The number of pyridine rings is 2. The van der Waals surface area contributed by atoms with Crippen molar-refractivity contribution >= 4 is 11.9 Å². The van der Waals surface area contributed by atoms with Crippen molar-refractivity contribution < 1.29 is 39.3 Å². The molecule has 0 aliphatic heterocycles. The van der Waals surface area contributed by atoms with Gasteiger partial charge in [0, 0.05) is 44.3 Å². The molecule has 0 bridgehead atoms. The van der Waals surface area contributed by atoms with Gasteiger partial charge in [-0.15, -0.1) is 0 Å². The van der Waals surface area contributed by atoms with E-state index in [-0.39, 0.29) is 19.5 Å². The van der Waals surface area contributed by atoms with Crippen LogP contribution in [0.3, 0.4) is 0 Å². The average molecular weight is 424 g/mol. The van der Waals surface area contributed by atoms with Crippen molar-refractivity contribution in [2.24, 2.45) is 10.8 Å². The molecule has 7 heteroatoms. The maximum absolute atomic E-state index is 10.8. The summed E-state index contributed by atoms with van der Waals surface area (Å²) >= 11 is 0. The quantitative estimate of drug-likeness (QED) is 0.690. The summed E-state index contributed by atoms with van der Waals surface area (Å²) in [5.74, 6) is -1.56. The number of hydrogen-bond donors (Lipinski definition) is 2. The van der Waals surface area contributed by atoms with E-state index in [2.05, 4.69) is 9.97 Å². The van der Waals surface area contributed by atoms with Gasteiger partial charge in [0.2, 0.25) is 0 Å². The average Bonchev–Trinajstić information content (AvgIpc) is 2.56. The number of carboxylic acid groups (broad SMARTS) is 2. The van der Waals surface area contributed by atoms with Gasteiger partial charge in [0.25, 0.3) is 0 Å². The Morgan fingerprint density at radius 2 is 1.15 bits per heavy atom. The third kappa shape index (κ3) is 8.87. The van der Waals surface area contributed by atoms with Crippen molar-refractivity contribution in [3.8, 4) is 0 Å². The van der Waals surface area contributed by atoms with E-state index in [4.69, 9.17) is 10.2 Å². The molecule has 0 saturated carbocycles. The first kappa shape index (κ1) is 24.9. The molecule has 2 aromatic rings. The number of hydrogen-bond acceptors (Lipinski definition) is 4. The van der Waals surface area contributed by atoms with E-state index in [1.165, 1.54) is 0 Å². The van der Waals surface area contributed by atoms with Gasteiger partial charge in [-0.2, -0.15) is 0 Å². The predicted octanol–water partition coefficient (Wildman–Crippen LogP) is 3.47. The van der Waals surface area contributed by atoms with Crippen molar-refractivity contribution in [3.05, 3.63) is 60.2 Å². The summed E-state index contributed by atoms with van der Waals surface area (Å²) in [6.07, 6.45) is 7.77. The molecule has 0 aliphatic carbocycles. The summed E-state index contributed by atoms with van der Waals surface area (Å²) in [6.45, 7) is 6.84. The Labute approximate surface area is 172 Å². The molecule has 142 valence electrons. The van der Waals surface area contributed by atoms with Gasteiger partial charge in [0.05, 0.1) is 10.8 Å². The number of aromatic nitrogens is 2. The van der Waals surface area contributed by atoms with E-state index in [1.54, 1.807) is 52.5 Å². The van der Waals surface area contributed by atoms with Crippen molar-refractivity contribution in [2.75, 3.05) is 0 Å². The summed E-state index contributed by atoms with van der Waals surface area (Å²) in [4.78, 5) is 29.5. The van der Waals surface area contributed by atoms with E-state index >= 15 is 0 Å². The molecule has 2 aromatic heterocycles. The fraction of sp³-hybridized carbons (Fsp3) is 0.400. The second-order valence-electron chi connectivity index (χ2n) is 7.45. The Bertz CT molecular complexity index is 656. The first-order chi connectivity index (χ1) is 12.0. The van der Waals surface area contributed by atoms with Crippen LogP contribution in [-0.4, -0.2) is 32.1 Å². The van der Waals surface area contributed by atoms with Crippen LogP contribution >= 0.6 is 0 Å². The SMILES string of the molecule is CC(C)(Cc1cccnc1)C(=O)O.CC(C)(Cc1cccnc1)C(=O)O.[Zn]. The summed E-state index contributed by atoms with van der Waals surface area (Å²) in [6, 6.07) is 7.40. The molecule has 0 atom stereocenters. The molecule has 2 N–H and O–H groups in total. The van der Waals surface area contributed by atoms with Gasteiger partial charge in [-0.1, -0.05) is 12.1 Å². The van der Waals surface area contributed by atoms with Crippen molar-refractivity contribution in [3.63, 3.8) is 0 Å². The van der Waals surface area contributed by atoms with Crippen LogP contribution < -0.4 is 0 Å². The zero-order chi connectivity index (χ0) is 19.8. The molecule has 0 aromatic carbocycles. The van der Waals surface area contributed by atoms with E-state index in [9.17, 15) is 9.59 Å². The second-order valence-corrected chi connectivity index (χ2v) is 7.45. The monoisotopic (exact) mass is 422 g/mol. The summed E-state index contributed by atoms with van der Waals surface area (Å²) in [5.41, 5.74) is 0.469. The molecule has 2 heterocycles. The molecule has 0 radical (unpaired) electrons. The van der Waals surface area contributed by atoms with Crippen molar-refractivity contribution in [1.82, 2.24) is 9.97 Å². The molecule has 0 aliphatic rings. The summed E-state index contributed by atoms with van der Waals surface area (Å²) in [5, 5.41) is 17.8. The Balaban J connectivity index is 0.000000483. The molecule has 0 fully saturated rings. The van der Waals surface area contributed by atoms with Gasteiger partial charge < -0.3 is 10.2 Å². The van der Waals surface area contributed by atoms with Gasteiger partial charge >= 0.3 is 11.9 Å². The normalized spacial score (nSPS) is 10.8. The zero-order valence-electron chi connectivity index (χ0n) is 16.3. The molecule has 6 nitrogen and oxygen atoms in total. The third-order valence-electron chi connectivity index (χ3n) is 3.90. The van der Waals surface area contributed by atoms with Crippen LogP contribution in [0.25, 0.3) is 0 Å². The number of nitrogens with zero attached hydrogens (tertiary/aromatic N) is 2. The fourth-order valence-electron chi connectivity index (χ4n) is 2.18. The number of carboxylic acids is 2. The topological polar surface area (TPSA) is 100 Å². The number of rotatable bonds is 6. The van der Waals surface area contributed by atoms with Crippen LogP contribution in [0, 0.1) is 10.8 Å². The van der Waals surface area contributed by atoms with Crippen molar-refractivity contribution in [2.45, 2.75) is 40.5 Å². The largest absolute Gasteiger partial charge is 0.481 e. The molecular weight excluding hydrogens is 398 g/mol. The van der Waals surface area contributed by atoms with Gasteiger partial charge in [-0.3, -0.25) is 19.6 Å². The third-order valence-corrected chi connectivity index (χ3v) is 3.90. The van der Waals surface area contributed by atoms with Crippen LogP contribution in [0.1, 0.15) is 38.8 Å². The van der Waals surface area contributed by atoms with Crippen molar-refractivity contribution in [1.29, 1.82) is 0 Å². The molecular formula is C20H26N2O4Zn. The van der Waals surface area contributed by atoms with Gasteiger partial charge in [0.15, 0.2) is 0 Å². The Morgan fingerprint density at radius 3 is 1.37 bits per heavy atom. The van der Waals surface area contributed by atoms with Gasteiger partial charge in [-0.25, -0.2) is 0 Å². The molecule has 0 saturated heterocycles. The van der Waals surface area contributed by atoms with E-state index in [0.717, 1.165) is 11.1 Å². The van der Waals surface area contributed by atoms with Gasteiger partial charge in [0.1, 0.15) is 0 Å². The van der Waals surface area contributed by atoms with E-state index < -0.39 is 22.8 Å². The van der Waals surface area contributed by atoms with Crippen LogP contribution in [0.2, 0.25) is 0 Å². The smallest absolute Gasteiger partial charge is 0.309 e. The minimum absolute atomic E-state index is 0. The summed E-state index contributed by atoms with van der Waals surface area (Å²) < 4.78 is 0. The van der Waals surface area contributed by atoms with Crippen LogP contribution in [0.15, 0.2) is 49.1 Å². The van der Waals surface area contributed by atoms with Crippen LogP contribution in [0.4, 0.5) is 0 Å². The summed E-state index contributed by atoms with van der Waals surface area (Å²) in [7, 11) is 0. The minimum Gasteiger partial charge on any atom is -0.481 e. The van der Waals surface area contributed by atoms with Crippen LogP contribution in [-0.2, 0) is 41.9 Å². The molecule has 0 unspecified atom stereocenters. The number of aliphatic carboxylic acids is 2. The minimum atomic E-state index is -0.781. The first-order valence-corrected chi connectivity index (χ1v) is 8.29. The van der Waals surface area contributed by atoms with Gasteiger partial charge in [-0.05, 0) is 63.8 Å². The zero-order valence-corrected chi connectivity index (χ0v) is 19.3. The molecule has 27 heavy (non-hydrogen) atoms. The molecule has 0 spiro atoms. The maximum Gasteiger partial charge on any atom is 0.309 e. The molecule has 0 amide bonds. The van der Waals surface area contributed by atoms with E-state index in [0.29, 0.717) is 12.8 Å². The molecule has 2 rings (SSSR count). The number of carbonyl (C=O) groups is 2. The maximum atomic E-state index is 10.8.